The van der Waals surface area contributed by atoms with Gasteiger partial charge in [0.1, 0.15) is 0 Å². The van der Waals surface area contributed by atoms with E-state index in [1.165, 1.54) is 6.42 Å². The van der Waals surface area contributed by atoms with E-state index < -0.39 is 0 Å². The molecule has 1 fully saturated rings. The molecule has 0 aliphatic heterocycles. The van der Waals surface area contributed by atoms with Crippen LogP contribution in [0, 0.1) is 5.92 Å². The van der Waals surface area contributed by atoms with E-state index in [0.29, 0.717) is 18.9 Å². The van der Waals surface area contributed by atoms with Gasteiger partial charge in [-0.1, -0.05) is 31.0 Å². The molecule has 0 spiro atoms. The quantitative estimate of drug-likeness (QED) is 0.801. The lowest BCUT2D eigenvalue weighted by Gasteiger charge is -2.27. The van der Waals surface area contributed by atoms with Gasteiger partial charge >= 0.3 is 0 Å². The molecule has 2 atom stereocenters. The van der Waals surface area contributed by atoms with Crippen LogP contribution in [0.4, 0.5) is 0 Å². The number of rotatable bonds is 6. The first-order valence-corrected chi connectivity index (χ1v) is 9.01. The van der Waals surface area contributed by atoms with Gasteiger partial charge < -0.3 is 10.4 Å². The highest BCUT2D eigenvalue weighted by Crippen LogP contribution is 2.27. The minimum atomic E-state index is -0.141. The van der Waals surface area contributed by atoms with Gasteiger partial charge in [0, 0.05) is 18.1 Å². The van der Waals surface area contributed by atoms with E-state index in [0.717, 1.165) is 48.6 Å². The fourth-order valence-corrected chi connectivity index (χ4v) is 3.58. The van der Waals surface area contributed by atoms with E-state index in [-0.39, 0.29) is 12.0 Å². The fourth-order valence-electron chi connectivity index (χ4n) is 3.58. The van der Waals surface area contributed by atoms with Gasteiger partial charge in [-0.2, -0.15) is 0 Å². The highest BCUT2D eigenvalue weighted by atomic mass is 16.3. The highest BCUT2D eigenvalue weighted by Gasteiger charge is 2.22. The Labute approximate surface area is 143 Å². The molecule has 128 valence electrons. The first-order valence-electron chi connectivity index (χ1n) is 9.01. The number of benzene rings is 1. The number of pyridine rings is 1. The second-order valence-electron chi connectivity index (χ2n) is 6.82. The molecule has 1 aromatic carbocycles. The molecule has 2 aromatic rings. The number of nitrogens with one attached hydrogen (secondary N) is 1. The van der Waals surface area contributed by atoms with Crippen molar-refractivity contribution in [3.8, 4) is 0 Å². The number of amides is 1. The van der Waals surface area contributed by atoms with Gasteiger partial charge in [0.05, 0.1) is 18.0 Å². The zero-order valence-corrected chi connectivity index (χ0v) is 14.1. The molecule has 24 heavy (non-hydrogen) atoms. The molecule has 0 bridgehead atoms. The second kappa shape index (κ2) is 8.25. The van der Waals surface area contributed by atoms with Crippen LogP contribution >= 0.6 is 0 Å². The van der Waals surface area contributed by atoms with Crippen molar-refractivity contribution in [1.29, 1.82) is 0 Å². The molecule has 1 saturated carbocycles. The summed E-state index contributed by atoms with van der Waals surface area (Å²) in [6, 6.07) is 9.96. The van der Waals surface area contributed by atoms with Gasteiger partial charge in [-0.15, -0.1) is 0 Å². The number of hydrogen-bond donors (Lipinski definition) is 2. The summed E-state index contributed by atoms with van der Waals surface area (Å²) >= 11 is 0. The van der Waals surface area contributed by atoms with Crippen molar-refractivity contribution < 1.29 is 9.90 Å². The van der Waals surface area contributed by atoms with E-state index in [2.05, 4.69) is 10.3 Å². The SMILES string of the molecule is O=C(Cc1cnc2ccccc2c1)NCCC[C@@H]1CCCC[C@H]1O. The number of hydrogen-bond acceptors (Lipinski definition) is 3. The molecule has 4 nitrogen and oxygen atoms in total. The number of fused-ring (bicyclic) bond motifs is 1. The van der Waals surface area contributed by atoms with Crippen LogP contribution in [-0.4, -0.2) is 28.6 Å². The minimum Gasteiger partial charge on any atom is -0.393 e. The molecule has 1 aliphatic rings. The van der Waals surface area contributed by atoms with Crippen LogP contribution in [0.3, 0.4) is 0 Å². The monoisotopic (exact) mass is 326 g/mol. The lowest BCUT2D eigenvalue weighted by Crippen LogP contribution is -2.28. The Morgan fingerprint density at radius 2 is 2.08 bits per heavy atom. The molecule has 1 aliphatic carbocycles. The molecule has 1 aromatic heterocycles. The molecule has 1 heterocycles. The van der Waals surface area contributed by atoms with Crippen LogP contribution in [0.15, 0.2) is 36.5 Å². The molecular formula is C20H26N2O2. The summed E-state index contributed by atoms with van der Waals surface area (Å²) < 4.78 is 0. The third-order valence-corrected chi connectivity index (χ3v) is 4.95. The lowest BCUT2D eigenvalue weighted by atomic mass is 9.83. The standard InChI is InChI=1S/C20H26N2O2/c23-19-10-4-2-6-16(19)8-5-11-21-20(24)13-15-12-17-7-1-3-9-18(17)22-14-15/h1,3,7,9,12,14,16,19,23H,2,4-6,8,10-11,13H2,(H,21,24)/t16-,19+/m0/s1. The summed E-state index contributed by atoms with van der Waals surface area (Å²) in [6.07, 6.45) is 8.37. The van der Waals surface area contributed by atoms with E-state index >= 15 is 0 Å². The number of nitrogens with zero attached hydrogens (tertiary/aromatic N) is 1. The summed E-state index contributed by atoms with van der Waals surface area (Å²) in [4.78, 5) is 16.5. The lowest BCUT2D eigenvalue weighted by molar-refractivity contribution is -0.120. The maximum Gasteiger partial charge on any atom is 0.224 e. The summed E-state index contributed by atoms with van der Waals surface area (Å²) in [5, 5.41) is 14.0. The predicted octanol–water partition coefficient (Wildman–Crippen LogP) is 3.22. The Bertz CT molecular complexity index is 686. The molecule has 3 rings (SSSR count). The first-order chi connectivity index (χ1) is 11.7. The van der Waals surface area contributed by atoms with Crippen molar-refractivity contribution in [2.24, 2.45) is 5.92 Å². The molecule has 0 saturated heterocycles. The van der Waals surface area contributed by atoms with Crippen LogP contribution in [0.2, 0.25) is 0 Å². The predicted molar refractivity (Wildman–Crippen MR) is 95.7 cm³/mol. The number of para-hydroxylation sites is 1. The van der Waals surface area contributed by atoms with Crippen molar-refractivity contribution in [2.75, 3.05) is 6.54 Å². The van der Waals surface area contributed by atoms with Crippen molar-refractivity contribution in [3.63, 3.8) is 0 Å². The van der Waals surface area contributed by atoms with Gasteiger partial charge in [0.15, 0.2) is 0 Å². The zero-order valence-electron chi connectivity index (χ0n) is 14.1. The largest absolute Gasteiger partial charge is 0.393 e. The molecule has 1 amide bonds. The summed E-state index contributed by atoms with van der Waals surface area (Å²) in [5.41, 5.74) is 1.89. The Hall–Kier alpha value is -1.94. The fraction of sp³-hybridized carbons (Fsp3) is 0.500. The van der Waals surface area contributed by atoms with Crippen molar-refractivity contribution in [3.05, 3.63) is 42.1 Å². The molecule has 4 heteroatoms. The van der Waals surface area contributed by atoms with E-state index in [9.17, 15) is 9.90 Å². The average Bonchev–Trinajstić information content (AvgIpc) is 2.60. The van der Waals surface area contributed by atoms with Crippen LogP contribution in [0.5, 0.6) is 0 Å². The van der Waals surface area contributed by atoms with Gasteiger partial charge in [0.2, 0.25) is 5.91 Å². The van der Waals surface area contributed by atoms with Crippen molar-refractivity contribution in [1.82, 2.24) is 10.3 Å². The number of carbonyl (C=O) groups excluding carboxylic acids is 1. The van der Waals surface area contributed by atoms with Gasteiger partial charge in [-0.25, -0.2) is 0 Å². The van der Waals surface area contributed by atoms with Gasteiger partial charge in [-0.05, 0) is 49.3 Å². The highest BCUT2D eigenvalue weighted by molar-refractivity contribution is 5.82. The minimum absolute atomic E-state index is 0.0382. The summed E-state index contributed by atoms with van der Waals surface area (Å²) in [7, 11) is 0. The third-order valence-electron chi connectivity index (χ3n) is 4.95. The van der Waals surface area contributed by atoms with Gasteiger partial charge in [0.25, 0.3) is 0 Å². The van der Waals surface area contributed by atoms with E-state index in [4.69, 9.17) is 0 Å². The number of aliphatic hydroxyl groups is 1. The Morgan fingerprint density at radius 3 is 2.96 bits per heavy atom. The average molecular weight is 326 g/mol. The van der Waals surface area contributed by atoms with Crippen LogP contribution in [-0.2, 0) is 11.2 Å². The molecule has 0 radical (unpaired) electrons. The maximum atomic E-state index is 12.1. The maximum absolute atomic E-state index is 12.1. The number of carbonyl (C=O) groups is 1. The number of aromatic nitrogens is 1. The smallest absolute Gasteiger partial charge is 0.224 e. The van der Waals surface area contributed by atoms with E-state index in [1.807, 2.05) is 30.3 Å². The molecule has 0 unspecified atom stereocenters. The van der Waals surface area contributed by atoms with Gasteiger partial charge in [-0.3, -0.25) is 9.78 Å². The summed E-state index contributed by atoms with van der Waals surface area (Å²) in [5.74, 6) is 0.455. The van der Waals surface area contributed by atoms with E-state index in [1.54, 1.807) is 6.20 Å². The Balaban J connectivity index is 1.41. The zero-order chi connectivity index (χ0) is 16.8. The number of aliphatic hydroxyl groups excluding tert-OH is 1. The van der Waals surface area contributed by atoms with Crippen LogP contribution < -0.4 is 5.32 Å². The Morgan fingerprint density at radius 1 is 1.25 bits per heavy atom. The van der Waals surface area contributed by atoms with Crippen molar-refractivity contribution >= 4 is 16.8 Å². The van der Waals surface area contributed by atoms with Crippen molar-refractivity contribution in [2.45, 2.75) is 51.0 Å². The topological polar surface area (TPSA) is 62.2 Å². The Kier molecular flexibility index (Phi) is 5.81. The second-order valence-corrected chi connectivity index (χ2v) is 6.82. The third kappa shape index (κ3) is 4.54. The molecule has 2 N–H and O–H groups in total. The first kappa shape index (κ1) is 16.9. The van der Waals surface area contributed by atoms with Crippen LogP contribution in [0.25, 0.3) is 10.9 Å². The summed E-state index contributed by atoms with van der Waals surface area (Å²) in [6.45, 7) is 0.684. The van der Waals surface area contributed by atoms with Crippen LogP contribution in [0.1, 0.15) is 44.1 Å². The molecular weight excluding hydrogens is 300 g/mol. The normalized spacial score (nSPS) is 20.9.